The summed E-state index contributed by atoms with van der Waals surface area (Å²) in [5, 5.41) is 0. The minimum Gasteiger partial charge on any atom is -0.462 e. The quantitative estimate of drug-likeness (QED) is 0.0261. The van der Waals surface area contributed by atoms with Crippen molar-refractivity contribution in [3.05, 3.63) is 48.6 Å². The number of hydrogen-bond acceptors (Lipinski definition) is 6. The summed E-state index contributed by atoms with van der Waals surface area (Å²) in [7, 11) is 0. The molecule has 0 fully saturated rings. The van der Waals surface area contributed by atoms with Gasteiger partial charge in [0, 0.05) is 19.3 Å². The van der Waals surface area contributed by atoms with Crippen molar-refractivity contribution in [3.8, 4) is 0 Å². The molecule has 0 saturated carbocycles. The first kappa shape index (κ1) is 78.4. The Balaban J connectivity index is 4.21. The maximum absolute atomic E-state index is 13.0. The average molecular weight is 1140 g/mol. The van der Waals surface area contributed by atoms with E-state index in [1.54, 1.807) is 0 Å². The third kappa shape index (κ3) is 68.0. The molecule has 474 valence electrons. The first-order valence-electron chi connectivity index (χ1n) is 36.1. The van der Waals surface area contributed by atoms with E-state index in [9.17, 15) is 14.4 Å². The predicted octanol–water partition coefficient (Wildman–Crippen LogP) is 24.9. The van der Waals surface area contributed by atoms with Crippen molar-refractivity contribution in [2.75, 3.05) is 13.2 Å². The molecule has 0 aromatic heterocycles. The van der Waals surface area contributed by atoms with Crippen LogP contribution in [-0.4, -0.2) is 37.2 Å². The number of esters is 3. The molecule has 1 atom stereocenters. The Labute approximate surface area is 505 Å². The third-order valence-electron chi connectivity index (χ3n) is 16.3. The number of allylic oxidation sites excluding steroid dienone is 8. The molecule has 6 nitrogen and oxygen atoms in total. The molecule has 0 saturated heterocycles. The summed E-state index contributed by atoms with van der Waals surface area (Å²) in [5.74, 6) is -0.832. The van der Waals surface area contributed by atoms with E-state index in [1.165, 1.54) is 270 Å². The van der Waals surface area contributed by atoms with Crippen LogP contribution >= 0.6 is 0 Å². The lowest BCUT2D eigenvalue weighted by Gasteiger charge is -2.18. The van der Waals surface area contributed by atoms with Crippen LogP contribution in [0.2, 0.25) is 0 Å². The smallest absolute Gasteiger partial charge is 0.306 e. The fourth-order valence-electron chi connectivity index (χ4n) is 11.0. The van der Waals surface area contributed by atoms with E-state index >= 15 is 0 Å². The number of carbonyl (C=O) groups is 3. The minimum absolute atomic E-state index is 0.0651. The molecule has 6 heteroatoms. The first-order chi connectivity index (χ1) is 40.0. The average Bonchev–Trinajstić information content (AvgIpc) is 3.47. The van der Waals surface area contributed by atoms with Gasteiger partial charge in [-0.2, -0.15) is 0 Å². The van der Waals surface area contributed by atoms with Gasteiger partial charge < -0.3 is 14.2 Å². The van der Waals surface area contributed by atoms with Crippen LogP contribution in [-0.2, 0) is 28.6 Å². The summed E-state index contributed by atoms with van der Waals surface area (Å²) >= 11 is 0. The molecule has 0 N–H and O–H groups in total. The van der Waals surface area contributed by atoms with Crippen molar-refractivity contribution >= 4 is 17.9 Å². The van der Waals surface area contributed by atoms with Gasteiger partial charge in [-0.1, -0.05) is 365 Å². The van der Waals surface area contributed by atoms with Crippen LogP contribution in [0.4, 0.5) is 0 Å². The fraction of sp³-hybridized carbons (Fsp3) is 0.853. The normalized spacial score (nSPS) is 12.3. The van der Waals surface area contributed by atoms with E-state index in [4.69, 9.17) is 14.2 Å². The van der Waals surface area contributed by atoms with Gasteiger partial charge in [0.25, 0.3) is 0 Å². The molecule has 0 radical (unpaired) electrons. The molecule has 0 amide bonds. The van der Waals surface area contributed by atoms with Gasteiger partial charge >= 0.3 is 17.9 Å². The topological polar surface area (TPSA) is 78.9 Å². The monoisotopic (exact) mass is 1140 g/mol. The van der Waals surface area contributed by atoms with Crippen LogP contribution in [0.3, 0.4) is 0 Å². The van der Waals surface area contributed by atoms with Crippen molar-refractivity contribution in [3.63, 3.8) is 0 Å². The highest BCUT2D eigenvalue weighted by molar-refractivity contribution is 5.71. The van der Waals surface area contributed by atoms with E-state index < -0.39 is 6.10 Å². The second-order valence-corrected chi connectivity index (χ2v) is 24.5. The minimum atomic E-state index is -0.769. The molecular formula is C75H138O6. The molecule has 0 aliphatic rings. The highest BCUT2D eigenvalue weighted by Crippen LogP contribution is 2.19. The largest absolute Gasteiger partial charge is 0.462 e. The van der Waals surface area contributed by atoms with Gasteiger partial charge in [0.05, 0.1) is 0 Å². The highest BCUT2D eigenvalue weighted by Gasteiger charge is 2.19. The van der Waals surface area contributed by atoms with E-state index in [-0.39, 0.29) is 31.1 Å². The highest BCUT2D eigenvalue weighted by atomic mass is 16.6. The van der Waals surface area contributed by atoms with Crippen LogP contribution in [0.15, 0.2) is 48.6 Å². The number of ether oxygens (including phenoxy) is 3. The van der Waals surface area contributed by atoms with Crippen molar-refractivity contribution in [1.82, 2.24) is 0 Å². The van der Waals surface area contributed by atoms with Crippen LogP contribution in [0.25, 0.3) is 0 Å². The SMILES string of the molecule is CC/C=C\C/C=C\C/C=C\C/C=C\CCCCCCCCCCCCCCCCCCC(=O)OCC(COC(=O)CCCCCCCCCCCCCCCCC)OC(=O)CCCCCCCCCCCCCCCCCCCCC. The molecule has 81 heavy (non-hydrogen) atoms. The van der Waals surface area contributed by atoms with Crippen molar-refractivity contribution in [2.24, 2.45) is 0 Å². The van der Waals surface area contributed by atoms with Gasteiger partial charge in [-0.15, -0.1) is 0 Å². The molecule has 0 spiro atoms. The molecule has 0 rings (SSSR count). The Morgan fingerprint density at radius 2 is 0.481 bits per heavy atom. The van der Waals surface area contributed by atoms with E-state index in [0.717, 1.165) is 83.5 Å². The lowest BCUT2D eigenvalue weighted by atomic mass is 10.0. The molecule has 1 unspecified atom stereocenters. The number of rotatable bonds is 67. The molecule has 0 aliphatic heterocycles. The Kier molecular flexibility index (Phi) is 67.6. The van der Waals surface area contributed by atoms with Crippen molar-refractivity contribution < 1.29 is 28.6 Å². The molecule has 0 bridgehead atoms. The van der Waals surface area contributed by atoms with Gasteiger partial charge in [0.1, 0.15) is 13.2 Å². The predicted molar refractivity (Wildman–Crippen MR) is 353 cm³/mol. The zero-order chi connectivity index (χ0) is 58.5. The zero-order valence-electron chi connectivity index (χ0n) is 54.6. The third-order valence-corrected chi connectivity index (χ3v) is 16.3. The van der Waals surface area contributed by atoms with E-state index in [1.807, 2.05) is 0 Å². The van der Waals surface area contributed by atoms with Crippen LogP contribution in [0.5, 0.6) is 0 Å². The zero-order valence-corrected chi connectivity index (χ0v) is 54.6. The molecule has 0 heterocycles. The van der Waals surface area contributed by atoms with Gasteiger partial charge in [0.15, 0.2) is 6.10 Å². The standard InChI is InChI=1S/C75H138O6/c1-4-7-10-13-16-19-22-25-28-30-32-33-34-35-36-37-38-39-40-41-43-44-47-50-53-56-59-62-65-68-74(77)80-71-72(70-79-73(76)67-64-61-58-55-52-49-46-27-24-21-18-15-12-9-6-3)81-75(78)69-66-63-60-57-54-51-48-45-42-31-29-26-23-20-17-14-11-8-5-2/h7,10,16,19,25,28,32-33,72H,4-6,8-9,11-15,17-18,20-24,26-27,29-31,34-71H2,1-3H3/b10-7-,19-16-,28-25-,33-32-. The number of carbonyl (C=O) groups excluding carboxylic acids is 3. The second-order valence-electron chi connectivity index (χ2n) is 24.5. The van der Waals surface area contributed by atoms with Gasteiger partial charge in [0.2, 0.25) is 0 Å². The number of unbranched alkanes of at least 4 members (excludes halogenated alkanes) is 48. The summed E-state index contributed by atoms with van der Waals surface area (Å²) in [5.41, 5.74) is 0. The summed E-state index contributed by atoms with van der Waals surface area (Å²) in [6.07, 6.45) is 88.6. The van der Waals surface area contributed by atoms with Gasteiger partial charge in [-0.05, 0) is 57.8 Å². The molecule has 0 aliphatic carbocycles. The van der Waals surface area contributed by atoms with E-state index in [0.29, 0.717) is 19.3 Å². The summed E-state index contributed by atoms with van der Waals surface area (Å²) < 4.78 is 17.0. The summed E-state index contributed by atoms with van der Waals surface area (Å²) in [6, 6.07) is 0. The summed E-state index contributed by atoms with van der Waals surface area (Å²) in [4.78, 5) is 38.5. The maximum Gasteiger partial charge on any atom is 0.306 e. The Morgan fingerprint density at radius 1 is 0.259 bits per heavy atom. The van der Waals surface area contributed by atoms with Crippen molar-refractivity contribution in [1.29, 1.82) is 0 Å². The molecule has 0 aromatic carbocycles. The van der Waals surface area contributed by atoms with Gasteiger partial charge in [-0.3, -0.25) is 14.4 Å². The van der Waals surface area contributed by atoms with Crippen LogP contribution in [0, 0.1) is 0 Å². The Bertz CT molecular complexity index is 1400. The molecule has 0 aromatic rings. The number of hydrogen-bond donors (Lipinski definition) is 0. The lowest BCUT2D eigenvalue weighted by Crippen LogP contribution is -2.30. The Hall–Kier alpha value is -2.63. The summed E-state index contributed by atoms with van der Waals surface area (Å²) in [6.45, 7) is 6.61. The maximum atomic E-state index is 13.0. The molecular weight excluding hydrogens is 997 g/mol. The lowest BCUT2D eigenvalue weighted by molar-refractivity contribution is -0.167. The van der Waals surface area contributed by atoms with Gasteiger partial charge in [-0.25, -0.2) is 0 Å². The van der Waals surface area contributed by atoms with Crippen molar-refractivity contribution in [2.45, 2.75) is 399 Å². The van der Waals surface area contributed by atoms with Crippen LogP contribution in [0.1, 0.15) is 393 Å². The fourth-order valence-corrected chi connectivity index (χ4v) is 11.0. The van der Waals surface area contributed by atoms with E-state index in [2.05, 4.69) is 69.4 Å². The first-order valence-corrected chi connectivity index (χ1v) is 36.1. The van der Waals surface area contributed by atoms with Crippen LogP contribution < -0.4 is 0 Å². The Morgan fingerprint density at radius 3 is 0.753 bits per heavy atom. The second kappa shape index (κ2) is 69.9.